The Hall–Kier alpha value is -0.620. The lowest BCUT2D eigenvalue weighted by atomic mass is 9.40. The van der Waals surface area contributed by atoms with Crippen LogP contribution in [0.3, 0.4) is 0 Å². The van der Waals surface area contributed by atoms with Gasteiger partial charge in [0.15, 0.2) is 0 Å². The molecule has 0 aromatic heterocycles. The van der Waals surface area contributed by atoms with Crippen molar-refractivity contribution in [3.05, 3.63) is 0 Å². The largest absolute Gasteiger partial charge is 0.479 e. The molecule has 6 heteroatoms. The van der Waals surface area contributed by atoms with Crippen molar-refractivity contribution < 1.29 is 19.1 Å². The van der Waals surface area contributed by atoms with E-state index in [0.29, 0.717) is 35.2 Å². The Labute approximate surface area is 209 Å². The standard InChI is InChI=1S/C27H42O4S2/c1-6-30-23(32)33-19(16-31-18(2)28)14-24(3)10-7-11-26(5)20(24)9-13-27-15-22(29)25(4,17-27)12-8-21(26)27/h19-21H,6-17H2,1-5H3/t19?,20-,21+,24-,25+,26-,27+/m1/s1. The minimum Gasteiger partial charge on any atom is -0.479 e. The minimum absolute atomic E-state index is 0.0571. The molecular weight excluding hydrogens is 452 g/mol. The molecule has 1 spiro atoms. The average Bonchev–Trinajstić information content (AvgIpc) is 2.89. The molecule has 0 aliphatic heterocycles. The van der Waals surface area contributed by atoms with Gasteiger partial charge in [-0.25, -0.2) is 0 Å². The van der Waals surface area contributed by atoms with Gasteiger partial charge in [0.05, 0.1) is 6.61 Å². The molecule has 0 N–H and O–H groups in total. The van der Waals surface area contributed by atoms with Crippen LogP contribution in [0.4, 0.5) is 0 Å². The van der Waals surface area contributed by atoms with Gasteiger partial charge in [0.2, 0.25) is 4.38 Å². The topological polar surface area (TPSA) is 52.6 Å². The van der Waals surface area contributed by atoms with Crippen LogP contribution in [0.25, 0.3) is 0 Å². The minimum atomic E-state index is -0.239. The molecule has 0 aromatic carbocycles. The van der Waals surface area contributed by atoms with E-state index in [0.717, 1.165) is 25.7 Å². The maximum Gasteiger partial charge on any atom is 0.302 e. The highest BCUT2D eigenvalue weighted by Gasteiger charge is 2.67. The number of Topliss-reactive ketones (excluding diaryl/α,β-unsaturated/α-hetero) is 1. The highest BCUT2D eigenvalue weighted by Crippen LogP contribution is 2.73. The SMILES string of the molecule is CCOC(=S)SC(COC(C)=O)C[C@@]1(C)CCC[C@]2(C)[C@@H]1CC[C@@]13CC(=O)[C@@](C)(CC[C@H]12)C3. The molecule has 4 saturated carbocycles. The Bertz CT molecular complexity index is 814. The number of thioether (sulfide) groups is 1. The Kier molecular flexibility index (Phi) is 7.03. The summed E-state index contributed by atoms with van der Waals surface area (Å²) in [7, 11) is 0. The number of carbonyl (C=O) groups is 2. The predicted molar refractivity (Wildman–Crippen MR) is 137 cm³/mol. The Morgan fingerprint density at radius 2 is 1.85 bits per heavy atom. The van der Waals surface area contributed by atoms with Crippen LogP contribution in [0.2, 0.25) is 0 Å². The van der Waals surface area contributed by atoms with Crippen molar-refractivity contribution >= 4 is 40.1 Å². The first-order chi connectivity index (χ1) is 15.5. The van der Waals surface area contributed by atoms with Crippen molar-refractivity contribution in [3.63, 3.8) is 0 Å². The van der Waals surface area contributed by atoms with Gasteiger partial charge in [-0.15, -0.1) is 0 Å². The molecule has 0 saturated heterocycles. The van der Waals surface area contributed by atoms with Gasteiger partial charge < -0.3 is 9.47 Å². The third-order valence-corrected chi connectivity index (χ3v) is 11.5. The molecule has 0 amide bonds. The molecule has 4 rings (SSSR count). The van der Waals surface area contributed by atoms with Crippen molar-refractivity contribution in [3.8, 4) is 0 Å². The number of esters is 1. The predicted octanol–water partition coefficient (Wildman–Crippen LogP) is 6.73. The fourth-order valence-corrected chi connectivity index (χ4v) is 10.6. The van der Waals surface area contributed by atoms with Crippen LogP contribution in [0.15, 0.2) is 0 Å². The fourth-order valence-electron chi connectivity index (χ4n) is 9.04. The van der Waals surface area contributed by atoms with E-state index in [1.54, 1.807) is 11.8 Å². The van der Waals surface area contributed by atoms with Crippen LogP contribution in [-0.4, -0.2) is 34.6 Å². The molecule has 4 fully saturated rings. The van der Waals surface area contributed by atoms with E-state index in [4.69, 9.17) is 21.7 Å². The molecular formula is C27H42O4S2. The van der Waals surface area contributed by atoms with Crippen LogP contribution >= 0.6 is 24.0 Å². The van der Waals surface area contributed by atoms with Crippen LogP contribution in [0, 0.1) is 33.5 Å². The van der Waals surface area contributed by atoms with E-state index in [9.17, 15) is 9.59 Å². The highest BCUT2D eigenvalue weighted by molar-refractivity contribution is 8.23. The smallest absolute Gasteiger partial charge is 0.302 e. The van der Waals surface area contributed by atoms with Crippen molar-refractivity contribution in [1.29, 1.82) is 0 Å². The van der Waals surface area contributed by atoms with Crippen LogP contribution in [0.1, 0.15) is 98.8 Å². The summed E-state index contributed by atoms with van der Waals surface area (Å²) in [5.41, 5.74) is 0.653. The third-order valence-electron chi connectivity index (χ3n) is 10.2. The quantitative estimate of drug-likeness (QED) is 0.301. The Morgan fingerprint density at radius 1 is 1.12 bits per heavy atom. The van der Waals surface area contributed by atoms with E-state index >= 15 is 0 Å². The molecule has 7 atom stereocenters. The molecule has 4 aliphatic carbocycles. The molecule has 4 aliphatic rings. The summed E-state index contributed by atoms with van der Waals surface area (Å²) in [5, 5.41) is 0.110. The molecule has 33 heavy (non-hydrogen) atoms. The number of carbonyl (C=O) groups excluding carboxylic acids is 2. The van der Waals surface area contributed by atoms with Crippen molar-refractivity contribution in [2.45, 2.75) is 104 Å². The van der Waals surface area contributed by atoms with E-state index < -0.39 is 0 Å². The number of hydrogen-bond donors (Lipinski definition) is 0. The zero-order valence-corrected chi connectivity index (χ0v) is 22.8. The summed E-state index contributed by atoms with van der Waals surface area (Å²) >= 11 is 7.01. The normalized spacial score (nSPS) is 42.8. The summed E-state index contributed by atoms with van der Waals surface area (Å²) in [4.78, 5) is 24.5. The lowest BCUT2D eigenvalue weighted by Gasteiger charge is -2.65. The van der Waals surface area contributed by atoms with E-state index in [2.05, 4.69) is 20.8 Å². The second-order valence-electron chi connectivity index (χ2n) is 12.3. The van der Waals surface area contributed by atoms with E-state index in [1.165, 1.54) is 45.4 Å². The molecule has 0 radical (unpaired) electrons. The molecule has 186 valence electrons. The molecule has 1 unspecified atom stereocenters. The van der Waals surface area contributed by atoms with E-state index in [1.807, 2.05) is 6.92 Å². The molecule has 2 bridgehead atoms. The number of fused-ring (bicyclic) bond motifs is 3. The molecule has 0 heterocycles. The lowest BCUT2D eigenvalue weighted by molar-refractivity contribution is -0.157. The zero-order valence-electron chi connectivity index (χ0n) is 21.2. The van der Waals surface area contributed by atoms with Gasteiger partial charge in [0.25, 0.3) is 0 Å². The van der Waals surface area contributed by atoms with Crippen LogP contribution < -0.4 is 0 Å². The number of rotatable bonds is 6. The summed E-state index contributed by atoms with van der Waals surface area (Å²) in [6, 6.07) is 0. The first kappa shape index (κ1) is 25.5. The van der Waals surface area contributed by atoms with Gasteiger partial charge in [-0.3, -0.25) is 9.59 Å². The van der Waals surface area contributed by atoms with Gasteiger partial charge in [-0.05, 0) is 98.6 Å². The van der Waals surface area contributed by atoms with E-state index in [-0.39, 0.29) is 32.9 Å². The summed E-state index contributed by atoms with van der Waals surface area (Å²) < 4.78 is 11.6. The first-order valence-corrected chi connectivity index (χ1v) is 14.3. The highest BCUT2D eigenvalue weighted by atomic mass is 32.2. The van der Waals surface area contributed by atoms with Crippen LogP contribution in [0.5, 0.6) is 0 Å². The second kappa shape index (κ2) is 9.11. The number of ketones is 1. The van der Waals surface area contributed by atoms with Gasteiger partial charge in [0.1, 0.15) is 12.4 Å². The first-order valence-electron chi connectivity index (χ1n) is 13.0. The van der Waals surface area contributed by atoms with Crippen LogP contribution in [-0.2, 0) is 19.1 Å². The molecule has 4 nitrogen and oxygen atoms in total. The lowest BCUT2D eigenvalue weighted by Crippen LogP contribution is -2.57. The zero-order chi connectivity index (χ0) is 24.1. The van der Waals surface area contributed by atoms with Gasteiger partial charge >= 0.3 is 5.97 Å². The number of thiocarbonyl (C=S) groups is 1. The van der Waals surface area contributed by atoms with Crippen molar-refractivity contribution in [2.24, 2.45) is 33.5 Å². The second-order valence-corrected chi connectivity index (χ2v) is 14.2. The van der Waals surface area contributed by atoms with Gasteiger partial charge in [-0.2, -0.15) is 0 Å². The molecule has 0 aromatic rings. The average molecular weight is 495 g/mol. The summed E-state index contributed by atoms with van der Waals surface area (Å²) in [6.45, 7) is 11.6. The fraction of sp³-hybridized carbons (Fsp3) is 0.889. The Balaban J connectivity index is 1.56. The Morgan fingerprint density at radius 3 is 2.55 bits per heavy atom. The number of ether oxygens (including phenoxy) is 2. The summed E-state index contributed by atoms with van der Waals surface area (Å²) in [6.07, 6.45) is 11.4. The van der Waals surface area contributed by atoms with Crippen molar-refractivity contribution in [2.75, 3.05) is 13.2 Å². The monoisotopic (exact) mass is 494 g/mol. The summed E-state index contributed by atoms with van der Waals surface area (Å²) in [5.74, 6) is 1.59. The van der Waals surface area contributed by atoms with Crippen molar-refractivity contribution in [1.82, 2.24) is 0 Å². The maximum atomic E-state index is 13.0. The van der Waals surface area contributed by atoms with Gasteiger partial charge in [0, 0.05) is 24.0 Å². The maximum absolute atomic E-state index is 13.0. The third kappa shape index (κ3) is 4.52. The van der Waals surface area contributed by atoms with Gasteiger partial charge in [-0.1, -0.05) is 39.0 Å². The number of hydrogen-bond acceptors (Lipinski definition) is 6.